The molecule has 0 radical (unpaired) electrons. The quantitative estimate of drug-likeness (QED) is 0.571. The van der Waals surface area contributed by atoms with Crippen molar-refractivity contribution in [2.24, 2.45) is 0 Å². The van der Waals surface area contributed by atoms with Crippen LogP contribution in [0, 0.1) is 6.92 Å². The van der Waals surface area contributed by atoms with Crippen molar-refractivity contribution in [1.29, 1.82) is 0 Å². The topological polar surface area (TPSA) is 84.0 Å². The van der Waals surface area contributed by atoms with Gasteiger partial charge in [-0.2, -0.15) is 0 Å². The van der Waals surface area contributed by atoms with Crippen LogP contribution in [0.1, 0.15) is 15.9 Å². The highest BCUT2D eigenvalue weighted by Gasteiger charge is 2.16. The minimum absolute atomic E-state index is 0.249. The van der Waals surface area contributed by atoms with Gasteiger partial charge >= 0.3 is 5.69 Å². The number of Topliss-reactive ketones (excluding diaryl/α,β-unsaturated/α-hetero) is 1. The summed E-state index contributed by atoms with van der Waals surface area (Å²) in [5.41, 5.74) is 2.24. The van der Waals surface area contributed by atoms with Crippen molar-refractivity contribution in [3.8, 4) is 5.69 Å². The lowest BCUT2D eigenvalue weighted by atomic mass is 10.1. The Bertz CT molecular complexity index is 935. The van der Waals surface area contributed by atoms with Crippen LogP contribution < -0.4 is 11.0 Å². The van der Waals surface area contributed by atoms with E-state index in [0.29, 0.717) is 16.9 Å². The number of nitrogens with one attached hydrogen (secondary N) is 2. The minimum Gasteiger partial charge on any atom is -0.319 e. The van der Waals surface area contributed by atoms with Crippen LogP contribution in [-0.4, -0.2) is 21.2 Å². The number of H-pyrrole nitrogens is 1. The summed E-state index contributed by atoms with van der Waals surface area (Å²) in [6.07, 6.45) is 3.15. The zero-order valence-corrected chi connectivity index (χ0v) is 12.9. The van der Waals surface area contributed by atoms with Crippen LogP contribution in [0.4, 0.5) is 5.69 Å². The predicted octanol–water partition coefficient (Wildman–Crippen LogP) is 2.30. The molecular weight excluding hydrogens is 306 g/mol. The predicted molar refractivity (Wildman–Crippen MR) is 90.5 cm³/mol. The molecule has 1 amide bonds. The molecule has 6 heteroatoms. The number of aromatic amines is 1. The molecule has 1 aromatic heterocycles. The second-order valence-electron chi connectivity index (χ2n) is 5.33. The molecule has 0 bridgehead atoms. The summed E-state index contributed by atoms with van der Waals surface area (Å²) in [6.45, 7) is 1.91. The zero-order chi connectivity index (χ0) is 17.1. The highest BCUT2D eigenvalue weighted by molar-refractivity contribution is 6.46. The second-order valence-corrected chi connectivity index (χ2v) is 5.33. The third kappa shape index (κ3) is 3.17. The summed E-state index contributed by atoms with van der Waals surface area (Å²) >= 11 is 0. The van der Waals surface area contributed by atoms with E-state index in [9.17, 15) is 14.4 Å². The molecular formula is C18H15N3O3. The fourth-order valence-electron chi connectivity index (χ4n) is 2.25. The Kier molecular flexibility index (Phi) is 4.11. The van der Waals surface area contributed by atoms with Crippen molar-refractivity contribution in [3.63, 3.8) is 0 Å². The molecule has 0 fully saturated rings. The van der Waals surface area contributed by atoms with E-state index in [-0.39, 0.29) is 5.69 Å². The van der Waals surface area contributed by atoms with Crippen molar-refractivity contribution < 1.29 is 9.59 Å². The average molecular weight is 321 g/mol. The number of amides is 1. The molecule has 0 aliphatic carbocycles. The summed E-state index contributed by atoms with van der Waals surface area (Å²) in [5.74, 6) is -1.30. The van der Waals surface area contributed by atoms with E-state index < -0.39 is 11.7 Å². The monoisotopic (exact) mass is 321 g/mol. The Balaban J connectivity index is 1.73. The summed E-state index contributed by atoms with van der Waals surface area (Å²) < 4.78 is 1.43. The van der Waals surface area contributed by atoms with E-state index in [1.54, 1.807) is 54.7 Å². The number of rotatable bonds is 4. The molecule has 3 rings (SSSR count). The first-order valence-electron chi connectivity index (χ1n) is 7.33. The largest absolute Gasteiger partial charge is 0.330 e. The number of hydrogen-bond acceptors (Lipinski definition) is 3. The van der Waals surface area contributed by atoms with Crippen LogP contribution in [0.2, 0.25) is 0 Å². The van der Waals surface area contributed by atoms with Gasteiger partial charge in [-0.3, -0.25) is 14.2 Å². The van der Waals surface area contributed by atoms with Crippen LogP contribution in [0.15, 0.2) is 65.7 Å². The summed E-state index contributed by atoms with van der Waals surface area (Å²) in [4.78, 5) is 38.2. The highest BCUT2D eigenvalue weighted by atomic mass is 16.2. The molecule has 0 aliphatic rings. The van der Waals surface area contributed by atoms with Crippen molar-refractivity contribution in [2.45, 2.75) is 6.92 Å². The number of carbonyl (C=O) groups is 2. The van der Waals surface area contributed by atoms with Crippen LogP contribution in [0.25, 0.3) is 5.69 Å². The van der Waals surface area contributed by atoms with Gasteiger partial charge in [0.1, 0.15) is 0 Å². The Morgan fingerprint density at radius 3 is 2.25 bits per heavy atom. The lowest BCUT2D eigenvalue weighted by Crippen LogP contribution is -2.22. The average Bonchev–Trinajstić information content (AvgIpc) is 3.01. The van der Waals surface area contributed by atoms with Gasteiger partial charge < -0.3 is 10.3 Å². The SMILES string of the molecule is Cc1ccc(C(=O)C(=O)Nc2ccc(-n3cc[nH]c3=O)cc2)cc1. The maximum atomic E-state index is 12.1. The van der Waals surface area contributed by atoms with E-state index in [4.69, 9.17) is 0 Å². The lowest BCUT2D eigenvalue weighted by Gasteiger charge is -2.06. The number of carbonyl (C=O) groups excluding carboxylic acids is 2. The Morgan fingerprint density at radius 1 is 1.00 bits per heavy atom. The smallest absolute Gasteiger partial charge is 0.319 e. The number of hydrogen-bond donors (Lipinski definition) is 2. The molecule has 120 valence electrons. The fraction of sp³-hybridized carbons (Fsp3) is 0.0556. The van der Waals surface area contributed by atoms with Crippen molar-refractivity contribution in [2.75, 3.05) is 5.32 Å². The standard InChI is InChI=1S/C18H15N3O3/c1-12-2-4-13(5-3-12)16(22)17(23)20-14-6-8-15(9-7-14)21-11-10-19-18(21)24/h2-11H,1H3,(H,19,24)(H,20,23). The Hall–Kier alpha value is -3.41. The van der Waals surface area contributed by atoms with Crippen LogP contribution >= 0.6 is 0 Å². The van der Waals surface area contributed by atoms with Crippen LogP contribution in [0.5, 0.6) is 0 Å². The maximum absolute atomic E-state index is 12.1. The van der Waals surface area contributed by atoms with E-state index >= 15 is 0 Å². The first-order valence-corrected chi connectivity index (χ1v) is 7.33. The first-order chi connectivity index (χ1) is 11.5. The fourth-order valence-corrected chi connectivity index (χ4v) is 2.25. The van der Waals surface area contributed by atoms with E-state index in [1.807, 2.05) is 6.92 Å². The number of aromatic nitrogens is 2. The van der Waals surface area contributed by atoms with Gasteiger partial charge in [-0.25, -0.2) is 4.79 Å². The molecule has 0 saturated heterocycles. The van der Waals surface area contributed by atoms with E-state index in [2.05, 4.69) is 10.3 Å². The van der Waals surface area contributed by atoms with Gasteiger partial charge in [-0.1, -0.05) is 29.8 Å². The van der Waals surface area contributed by atoms with Gasteiger partial charge in [-0.15, -0.1) is 0 Å². The van der Waals surface area contributed by atoms with E-state index in [1.165, 1.54) is 10.8 Å². The molecule has 24 heavy (non-hydrogen) atoms. The number of imidazole rings is 1. The van der Waals surface area contributed by atoms with Gasteiger partial charge in [0.2, 0.25) is 0 Å². The third-order valence-corrected chi connectivity index (χ3v) is 3.57. The van der Waals surface area contributed by atoms with Gasteiger partial charge in [0.15, 0.2) is 0 Å². The molecule has 6 nitrogen and oxygen atoms in total. The number of anilines is 1. The molecule has 0 spiro atoms. The second kappa shape index (κ2) is 6.37. The van der Waals surface area contributed by atoms with E-state index in [0.717, 1.165) is 5.56 Å². The third-order valence-electron chi connectivity index (χ3n) is 3.57. The Labute approximate surface area is 137 Å². The normalized spacial score (nSPS) is 10.4. The summed E-state index contributed by atoms with van der Waals surface area (Å²) in [7, 11) is 0. The number of nitrogens with zero attached hydrogens (tertiary/aromatic N) is 1. The van der Waals surface area contributed by atoms with Gasteiger partial charge in [0.25, 0.3) is 11.7 Å². The molecule has 0 aliphatic heterocycles. The zero-order valence-electron chi connectivity index (χ0n) is 12.9. The van der Waals surface area contributed by atoms with Crippen LogP contribution in [-0.2, 0) is 4.79 Å². The first kappa shape index (κ1) is 15.5. The number of benzene rings is 2. The summed E-state index contributed by atoms with van der Waals surface area (Å²) in [5, 5.41) is 2.56. The molecule has 3 aromatic rings. The Morgan fingerprint density at radius 2 is 1.67 bits per heavy atom. The molecule has 0 atom stereocenters. The van der Waals surface area contributed by atoms with Gasteiger partial charge in [-0.05, 0) is 31.2 Å². The number of ketones is 1. The van der Waals surface area contributed by atoms with Crippen molar-refractivity contribution >= 4 is 17.4 Å². The van der Waals surface area contributed by atoms with Gasteiger partial charge in [0.05, 0.1) is 5.69 Å². The minimum atomic E-state index is -0.703. The highest BCUT2D eigenvalue weighted by Crippen LogP contribution is 2.13. The molecule has 2 aromatic carbocycles. The molecule has 0 unspecified atom stereocenters. The van der Waals surface area contributed by atoms with Gasteiger partial charge in [0, 0.05) is 23.6 Å². The summed E-state index contributed by atoms with van der Waals surface area (Å²) in [6, 6.07) is 13.4. The van der Waals surface area contributed by atoms with Crippen molar-refractivity contribution in [1.82, 2.24) is 9.55 Å². The molecule has 1 heterocycles. The van der Waals surface area contributed by atoms with Crippen LogP contribution in [0.3, 0.4) is 0 Å². The maximum Gasteiger partial charge on any atom is 0.330 e. The number of aryl methyl sites for hydroxylation is 1. The van der Waals surface area contributed by atoms with Crippen molar-refractivity contribution in [3.05, 3.63) is 82.5 Å². The lowest BCUT2D eigenvalue weighted by molar-refractivity contribution is -0.112. The molecule has 0 saturated carbocycles. The molecule has 2 N–H and O–H groups in total.